The van der Waals surface area contributed by atoms with Crippen LogP contribution >= 0.6 is 0 Å². The molecule has 0 bridgehead atoms. The maximum atomic E-state index is 13.4. The molecule has 1 N–H and O–H groups in total. The van der Waals surface area contributed by atoms with Gasteiger partial charge in [-0.25, -0.2) is 4.98 Å². The predicted molar refractivity (Wildman–Crippen MR) is 132 cm³/mol. The topological polar surface area (TPSA) is 81.5 Å². The summed E-state index contributed by atoms with van der Waals surface area (Å²) in [4.78, 5) is 22.1. The lowest BCUT2D eigenvalue weighted by Gasteiger charge is -2.23. The number of nitrogens with one attached hydrogen (secondary N) is 1. The molecule has 0 atom stereocenters. The second kappa shape index (κ2) is 11.3. The fourth-order valence-electron chi connectivity index (χ4n) is 4.06. The molecule has 2 aromatic carbocycles. The van der Waals surface area contributed by atoms with Crippen LogP contribution in [-0.4, -0.2) is 53.5 Å². The van der Waals surface area contributed by atoms with Gasteiger partial charge in [0.15, 0.2) is 0 Å². The van der Waals surface area contributed by atoms with Gasteiger partial charge in [0.2, 0.25) is 0 Å². The lowest BCUT2D eigenvalue weighted by atomic mass is 10.1. The number of rotatable bonds is 7. The molecule has 7 nitrogen and oxygen atoms in total. The minimum atomic E-state index is -0.0123. The highest BCUT2D eigenvalue weighted by Crippen LogP contribution is 2.23. The smallest absolute Gasteiger partial charge is 0.257 e. The van der Waals surface area contributed by atoms with E-state index in [0.717, 1.165) is 37.5 Å². The van der Waals surface area contributed by atoms with Crippen molar-refractivity contribution in [3.05, 3.63) is 83.6 Å². The van der Waals surface area contributed by atoms with E-state index in [1.807, 2.05) is 66.4 Å². The highest BCUT2D eigenvalue weighted by atomic mass is 16.5. The molecule has 1 aliphatic rings. The summed E-state index contributed by atoms with van der Waals surface area (Å²) >= 11 is 0. The number of carbonyl (C=O) groups is 1. The Kier molecular flexibility index (Phi) is 7.74. The molecule has 1 saturated heterocycles. The van der Waals surface area contributed by atoms with Crippen molar-refractivity contribution in [2.45, 2.75) is 19.9 Å². The number of nitrogens with zero attached hydrogens (tertiary/aromatic N) is 4. The molecule has 0 unspecified atom stereocenters. The molecule has 0 radical (unpaired) electrons. The number of amides is 1. The second-order valence-electron chi connectivity index (χ2n) is 8.21. The van der Waals surface area contributed by atoms with E-state index >= 15 is 0 Å². The molecule has 1 fully saturated rings. The van der Waals surface area contributed by atoms with Crippen LogP contribution in [0.3, 0.4) is 0 Å². The van der Waals surface area contributed by atoms with Crippen LogP contribution in [0.5, 0.6) is 5.75 Å². The Balaban J connectivity index is 1.40. The third-order valence-electron chi connectivity index (χ3n) is 5.83. The van der Waals surface area contributed by atoms with Crippen molar-refractivity contribution in [1.82, 2.24) is 14.8 Å². The first-order valence-corrected chi connectivity index (χ1v) is 11.6. The molecule has 7 heteroatoms. The van der Waals surface area contributed by atoms with Gasteiger partial charge in [0.25, 0.3) is 5.91 Å². The molecule has 1 aromatic heterocycles. The summed E-state index contributed by atoms with van der Waals surface area (Å²) < 4.78 is 5.50. The van der Waals surface area contributed by atoms with Gasteiger partial charge in [-0.05, 0) is 67.4 Å². The first-order valence-electron chi connectivity index (χ1n) is 11.6. The number of hydrogen-bond acceptors (Lipinski definition) is 6. The average Bonchev–Trinajstić information content (AvgIpc) is 3.11. The number of anilines is 2. The Bertz CT molecular complexity index is 1140. The largest absolute Gasteiger partial charge is 0.494 e. The van der Waals surface area contributed by atoms with E-state index in [0.29, 0.717) is 36.6 Å². The Labute approximate surface area is 200 Å². The van der Waals surface area contributed by atoms with Crippen molar-refractivity contribution in [3.8, 4) is 11.8 Å². The molecular formula is C27H29N5O2. The van der Waals surface area contributed by atoms with Gasteiger partial charge in [0.05, 0.1) is 23.8 Å². The van der Waals surface area contributed by atoms with E-state index in [-0.39, 0.29) is 5.91 Å². The molecule has 34 heavy (non-hydrogen) atoms. The SMILES string of the molecule is CCOc1ccc(Nc2ncccc2C(=O)N2CCCN(Cc3ccc(C#N)cc3)CC2)cc1. The molecule has 3 aromatic rings. The summed E-state index contributed by atoms with van der Waals surface area (Å²) in [6.45, 7) is 6.47. The molecule has 0 spiro atoms. The fourth-order valence-corrected chi connectivity index (χ4v) is 4.06. The number of carbonyl (C=O) groups excluding carboxylic acids is 1. The molecule has 1 amide bonds. The van der Waals surface area contributed by atoms with Crippen molar-refractivity contribution in [2.24, 2.45) is 0 Å². The number of benzene rings is 2. The van der Waals surface area contributed by atoms with Crippen molar-refractivity contribution >= 4 is 17.4 Å². The number of nitriles is 1. The van der Waals surface area contributed by atoms with Gasteiger partial charge in [-0.1, -0.05) is 12.1 Å². The maximum Gasteiger partial charge on any atom is 0.257 e. The van der Waals surface area contributed by atoms with Crippen LogP contribution in [0.4, 0.5) is 11.5 Å². The standard InChI is InChI=1S/C27H29N5O2/c1-2-34-24-12-10-23(11-13-24)30-26-25(5-3-14-29-26)27(33)32-16-4-15-31(17-18-32)20-22-8-6-21(19-28)7-9-22/h3,5-14H,2,4,15-18,20H2,1H3,(H,29,30). The third-order valence-corrected chi connectivity index (χ3v) is 5.83. The van der Waals surface area contributed by atoms with Gasteiger partial charge in [-0.3, -0.25) is 9.69 Å². The van der Waals surface area contributed by atoms with Crippen LogP contribution in [0, 0.1) is 11.3 Å². The van der Waals surface area contributed by atoms with Crippen LogP contribution in [0.25, 0.3) is 0 Å². The second-order valence-corrected chi connectivity index (χ2v) is 8.21. The first kappa shape index (κ1) is 23.3. The van der Waals surface area contributed by atoms with Crippen LogP contribution in [0.15, 0.2) is 66.9 Å². The average molecular weight is 456 g/mol. The van der Waals surface area contributed by atoms with Crippen molar-refractivity contribution in [3.63, 3.8) is 0 Å². The van der Waals surface area contributed by atoms with Gasteiger partial charge in [-0.2, -0.15) is 5.26 Å². The molecule has 0 aliphatic carbocycles. The quantitative estimate of drug-likeness (QED) is 0.567. The Morgan fingerprint density at radius 3 is 2.59 bits per heavy atom. The lowest BCUT2D eigenvalue weighted by molar-refractivity contribution is 0.0762. The highest BCUT2D eigenvalue weighted by Gasteiger charge is 2.23. The minimum Gasteiger partial charge on any atom is -0.494 e. The third kappa shape index (κ3) is 5.91. The molecular weight excluding hydrogens is 426 g/mol. The summed E-state index contributed by atoms with van der Waals surface area (Å²) in [5.74, 6) is 1.35. The molecule has 2 heterocycles. The van der Waals surface area contributed by atoms with Gasteiger partial charge < -0.3 is 15.0 Å². The summed E-state index contributed by atoms with van der Waals surface area (Å²) in [7, 11) is 0. The number of hydrogen-bond donors (Lipinski definition) is 1. The summed E-state index contributed by atoms with van der Waals surface area (Å²) in [5, 5.41) is 12.3. The number of aromatic nitrogens is 1. The van der Waals surface area contributed by atoms with E-state index in [1.165, 1.54) is 5.56 Å². The lowest BCUT2D eigenvalue weighted by Crippen LogP contribution is -2.35. The monoisotopic (exact) mass is 455 g/mol. The Morgan fingerprint density at radius 2 is 1.85 bits per heavy atom. The van der Waals surface area contributed by atoms with Crippen molar-refractivity contribution in [1.29, 1.82) is 5.26 Å². The van der Waals surface area contributed by atoms with Crippen LogP contribution in [0.1, 0.15) is 34.8 Å². The van der Waals surface area contributed by atoms with E-state index in [2.05, 4.69) is 21.3 Å². The van der Waals surface area contributed by atoms with E-state index in [1.54, 1.807) is 12.3 Å². The summed E-state index contributed by atoms with van der Waals surface area (Å²) in [6.07, 6.45) is 2.60. The van der Waals surface area contributed by atoms with E-state index in [4.69, 9.17) is 10.00 Å². The van der Waals surface area contributed by atoms with Crippen LogP contribution in [0.2, 0.25) is 0 Å². The normalized spacial score (nSPS) is 14.2. The van der Waals surface area contributed by atoms with Gasteiger partial charge in [-0.15, -0.1) is 0 Å². The minimum absolute atomic E-state index is 0.0123. The first-order chi connectivity index (χ1) is 16.7. The zero-order valence-electron chi connectivity index (χ0n) is 19.4. The summed E-state index contributed by atoms with van der Waals surface area (Å²) in [5.41, 5.74) is 3.26. The number of ether oxygens (including phenoxy) is 1. The van der Waals surface area contributed by atoms with Gasteiger partial charge >= 0.3 is 0 Å². The zero-order valence-corrected chi connectivity index (χ0v) is 19.4. The molecule has 4 rings (SSSR count). The van der Waals surface area contributed by atoms with Gasteiger partial charge in [0, 0.05) is 44.6 Å². The highest BCUT2D eigenvalue weighted by molar-refractivity contribution is 5.99. The molecule has 0 saturated carbocycles. The predicted octanol–water partition coefficient (Wildman–Crippen LogP) is 4.44. The van der Waals surface area contributed by atoms with E-state index in [9.17, 15) is 4.79 Å². The Hall–Kier alpha value is -3.89. The van der Waals surface area contributed by atoms with E-state index < -0.39 is 0 Å². The molecule has 174 valence electrons. The zero-order chi connectivity index (χ0) is 23.8. The van der Waals surface area contributed by atoms with Crippen molar-refractivity contribution in [2.75, 3.05) is 38.1 Å². The van der Waals surface area contributed by atoms with Crippen LogP contribution in [-0.2, 0) is 6.54 Å². The van der Waals surface area contributed by atoms with Gasteiger partial charge in [0.1, 0.15) is 11.6 Å². The van der Waals surface area contributed by atoms with Crippen LogP contribution < -0.4 is 10.1 Å². The Morgan fingerprint density at radius 1 is 1.06 bits per heavy atom. The molecule has 1 aliphatic heterocycles. The summed E-state index contributed by atoms with van der Waals surface area (Å²) in [6, 6.07) is 21.1. The number of pyridine rings is 1. The maximum absolute atomic E-state index is 13.4. The fraction of sp³-hybridized carbons (Fsp3) is 0.296. The van der Waals surface area contributed by atoms with Crippen molar-refractivity contribution < 1.29 is 9.53 Å².